The molecule has 3 N–H and O–H groups in total. The van der Waals surface area contributed by atoms with Gasteiger partial charge in [-0.2, -0.15) is 0 Å². The van der Waals surface area contributed by atoms with Gasteiger partial charge >= 0.3 is 0 Å². The van der Waals surface area contributed by atoms with Gasteiger partial charge in [-0.15, -0.1) is 0 Å². The van der Waals surface area contributed by atoms with Crippen molar-refractivity contribution in [3.05, 3.63) is 24.3 Å². The van der Waals surface area contributed by atoms with Crippen molar-refractivity contribution in [2.45, 2.75) is 69.7 Å². The fourth-order valence-electron chi connectivity index (χ4n) is 6.57. The zero-order valence-corrected chi connectivity index (χ0v) is 21.2. The quantitative estimate of drug-likeness (QED) is 0.490. The van der Waals surface area contributed by atoms with E-state index in [0.29, 0.717) is 30.7 Å². The number of rotatable bonds is 9. The van der Waals surface area contributed by atoms with Crippen LogP contribution in [-0.4, -0.2) is 71.8 Å². The molecule has 192 valence electrons. The van der Waals surface area contributed by atoms with E-state index in [2.05, 4.69) is 10.6 Å². The van der Waals surface area contributed by atoms with Crippen molar-refractivity contribution in [3.63, 3.8) is 0 Å². The number of amides is 3. The maximum atomic E-state index is 14.1. The van der Waals surface area contributed by atoms with Crippen molar-refractivity contribution in [1.82, 2.24) is 10.2 Å². The lowest BCUT2D eigenvalue weighted by Crippen LogP contribution is -2.57. The van der Waals surface area contributed by atoms with Gasteiger partial charge in [-0.25, -0.2) is 0 Å². The Morgan fingerprint density at radius 1 is 1.23 bits per heavy atom. The molecular weight excluding hydrogens is 450 g/mol. The molecule has 3 saturated heterocycles. The number of carbonyl (C=O) groups is 3. The Morgan fingerprint density at radius 2 is 1.91 bits per heavy atom. The monoisotopic (exact) mass is 487 g/mol. The Hall–Kier alpha value is -2.65. The molecule has 3 aliphatic heterocycles. The molecule has 3 fully saturated rings. The fraction of sp³-hybridized carbons (Fsp3) is 0.654. The largest absolute Gasteiger partial charge is 0.497 e. The summed E-state index contributed by atoms with van der Waals surface area (Å²) in [5, 5.41) is 16.0. The normalized spacial score (nSPS) is 32.8. The summed E-state index contributed by atoms with van der Waals surface area (Å²) >= 11 is 0. The van der Waals surface area contributed by atoms with E-state index in [-0.39, 0.29) is 30.2 Å². The molecule has 3 amide bonds. The molecule has 0 saturated carbocycles. The lowest BCUT2D eigenvalue weighted by Gasteiger charge is -2.39. The van der Waals surface area contributed by atoms with E-state index in [1.807, 2.05) is 20.8 Å². The average Bonchev–Trinajstić information content (AvgIpc) is 3.48. The third-order valence-corrected chi connectivity index (χ3v) is 8.60. The number of ether oxygens (including phenoxy) is 2. The molecule has 9 heteroatoms. The summed E-state index contributed by atoms with van der Waals surface area (Å²) in [4.78, 5) is 42.6. The fourth-order valence-corrected chi connectivity index (χ4v) is 6.57. The number of carbonyl (C=O) groups excluding carboxylic acids is 3. The number of anilines is 1. The summed E-state index contributed by atoms with van der Waals surface area (Å²) in [6.07, 6.45) is 2.38. The minimum absolute atomic E-state index is 0.0498. The van der Waals surface area contributed by atoms with Gasteiger partial charge in [-0.1, -0.05) is 27.2 Å². The molecule has 1 spiro atoms. The number of nitrogens with one attached hydrogen (secondary N) is 2. The van der Waals surface area contributed by atoms with Gasteiger partial charge in [0.15, 0.2) is 0 Å². The predicted molar refractivity (Wildman–Crippen MR) is 130 cm³/mol. The van der Waals surface area contributed by atoms with Crippen molar-refractivity contribution < 1.29 is 29.0 Å². The smallest absolute Gasteiger partial charge is 0.250 e. The third-order valence-electron chi connectivity index (χ3n) is 8.60. The van der Waals surface area contributed by atoms with E-state index in [9.17, 15) is 19.5 Å². The molecule has 1 aromatic carbocycles. The highest BCUT2D eigenvalue weighted by atomic mass is 16.5. The Labute approximate surface area is 206 Å². The number of nitrogens with zero attached hydrogens (tertiary/aromatic N) is 1. The summed E-state index contributed by atoms with van der Waals surface area (Å²) in [7, 11) is 3.13. The molecule has 2 unspecified atom stereocenters. The first-order valence-electron chi connectivity index (χ1n) is 12.5. The second kappa shape index (κ2) is 9.43. The van der Waals surface area contributed by atoms with Crippen LogP contribution in [0, 0.1) is 17.8 Å². The highest BCUT2D eigenvalue weighted by molar-refractivity contribution is 6.04. The molecule has 35 heavy (non-hydrogen) atoms. The standard InChI is InChI=1S/C26H37N3O6/c1-6-15(3)18(14-30)29-21(23(32)28-16-8-10-17(34-5)11-9-16)26-13-12-25(7-2,35-26)19(22(31)27-4)20(26)24(29)33/h8-11,15,18-21,30H,6-7,12-14H2,1-5H3,(H,27,31)(H,28,32)/t15-,18-,19-,20-,21?,25+,26?/m0/s1. The van der Waals surface area contributed by atoms with Gasteiger partial charge in [0.05, 0.1) is 37.2 Å². The van der Waals surface area contributed by atoms with Crippen LogP contribution >= 0.6 is 0 Å². The van der Waals surface area contributed by atoms with Crippen LogP contribution in [0.15, 0.2) is 24.3 Å². The first kappa shape index (κ1) is 25.4. The minimum Gasteiger partial charge on any atom is -0.497 e. The number of aliphatic hydroxyl groups is 1. The SMILES string of the molecule is CC[C@H](C)[C@H](CO)N1C(=O)[C@@H]2[C@@H](C(=O)NC)[C@@]3(CC)CCC2(O3)C1C(=O)Nc1ccc(OC)cc1. The van der Waals surface area contributed by atoms with E-state index in [0.717, 1.165) is 6.42 Å². The molecule has 0 aliphatic carbocycles. The Bertz CT molecular complexity index is 984. The third kappa shape index (κ3) is 3.71. The van der Waals surface area contributed by atoms with Crippen molar-refractivity contribution in [1.29, 1.82) is 0 Å². The number of aliphatic hydroxyl groups excluding tert-OH is 1. The van der Waals surface area contributed by atoms with E-state index in [1.165, 1.54) is 4.90 Å². The van der Waals surface area contributed by atoms with E-state index < -0.39 is 35.1 Å². The lowest BCUT2D eigenvalue weighted by molar-refractivity contribution is -0.150. The lowest BCUT2D eigenvalue weighted by atomic mass is 9.65. The zero-order valence-electron chi connectivity index (χ0n) is 21.2. The van der Waals surface area contributed by atoms with E-state index in [4.69, 9.17) is 9.47 Å². The van der Waals surface area contributed by atoms with Crippen LogP contribution in [0.5, 0.6) is 5.75 Å². The van der Waals surface area contributed by atoms with E-state index >= 15 is 0 Å². The van der Waals surface area contributed by atoms with Gasteiger partial charge in [0, 0.05) is 12.7 Å². The van der Waals surface area contributed by atoms with Crippen LogP contribution in [0.1, 0.15) is 46.5 Å². The van der Waals surface area contributed by atoms with Gasteiger partial charge in [-0.05, 0) is 49.4 Å². The molecule has 3 heterocycles. The number of methoxy groups -OCH3 is 1. The molecular formula is C26H37N3O6. The molecule has 4 rings (SSSR count). The van der Waals surface area contributed by atoms with Crippen molar-refractivity contribution in [2.24, 2.45) is 17.8 Å². The minimum atomic E-state index is -1.12. The Kier molecular flexibility index (Phi) is 6.85. The van der Waals surface area contributed by atoms with Crippen LogP contribution < -0.4 is 15.4 Å². The summed E-state index contributed by atoms with van der Waals surface area (Å²) in [5.41, 5.74) is -1.34. The van der Waals surface area contributed by atoms with Crippen molar-refractivity contribution >= 4 is 23.4 Å². The summed E-state index contributed by atoms with van der Waals surface area (Å²) < 4.78 is 11.9. The molecule has 0 aromatic heterocycles. The second-order valence-corrected chi connectivity index (χ2v) is 10.0. The predicted octanol–water partition coefficient (Wildman–Crippen LogP) is 1.94. The molecule has 0 radical (unpaired) electrons. The first-order chi connectivity index (χ1) is 16.7. The Morgan fingerprint density at radius 3 is 2.46 bits per heavy atom. The highest BCUT2D eigenvalue weighted by Gasteiger charge is 2.79. The number of hydrogen-bond donors (Lipinski definition) is 3. The number of likely N-dealkylation sites (tertiary alicyclic amines) is 1. The van der Waals surface area contributed by atoms with Crippen LogP contribution in [-0.2, 0) is 19.1 Å². The first-order valence-corrected chi connectivity index (χ1v) is 12.5. The molecule has 9 nitrogen and oxygen atoms in total. The second-order valence-electron chi connectivity index (χ2n) is 10.0. The van der Waals surface area contributed by atoms with Crippen LogP contribution in [0.3, 0.4) is 0 Å². The molecule has 7 atom stereocenters. The number of benzene rings is 1. The van der Waals surface area contributed by atoms with Crippen LogP contribution in [0.2, 0.25) is 0 Å². The van der Waals surface area contributed by atoms with Crippen molar-refractivity contribution in [2.75, 3.05) is 26.1 Å². The summed E-state index contributed by atoms with van der Waals surface area (Å²) in [6.45, 7) is 5.63. The average molecular weight is 488 g/mol. The van der Waals surface area contributed by atoms with Crippen molar-refractivity contribution in [3.8, 4) is 5.75 Å². The van der Waals surface area contributed by atoms with Gasteiger partial charge < -0.3 is 30.1 Å². The van der Waals surface area contributed by atoms with Crippen LogP contribution in [0.4, 0.5) is 5.69 Å². The summed E-state index contributed by atoms with van der Waals surface area (Å²) in [6, 6.07) is 5.43. The number of hydrogen-bond acceptors (Lipinski definition) is 6. The zero-order chi connectivity index (χ0) is 25.5. The maximum absolute atomic E-state index is 14.1. The maximum Gasteiger partial charge on any atom is 0.250 e. The topological polar surface area (TPSA) is 117 Å². The highest BCUT2D eigenvalue weighted by Crippen LogP contribution is 2.64. The van der Waals surface area contributed by atoms with Gasteiger partial charge in [0.25, 0.3) is 0 Å². The van der Waals surface area contributed by atoms with Crippen LogP contribution in [0.25, 0.3) is 0 Å². The number of fused-ring (bicyclic) bond motifs is 1. The van der Waals surface area contributed by atoms with E-state index in [1.54, 1.807) is 38.4 Å². The molecule has 2 bridgehead atoms. The van der Waals surface area contributed by atoms with Gasteiger partial charge in [0.1, 0.15) is 17.4 Å². The molecule has 3 aliphatic rings. The van der Waals surface area contributed by atoms with Gasteiger partial charge in [0.2, 0.25) is 17.7 Å². The molecule has 1 aromatic rings. The summed E-state index contributed by atoms with van der Waals surface area (Å²) in [5.74, 6) is -1.76. The van der Waals surface area contributed by atoms with Gasteiger partial charge in [-0.3, -0.25) is 14.4 Å². The Balaban J connectivity index is 1.79.